The summed E-state index contributed by atoms with van der Waals surface area (Å²) in [6, 6.07) is -0.832. The molecule has 0 heterocycles. The molecule has 7 heteroatoms. The van der Waals surface area contributed by atoms with Gasteiger partial charge in [0.15, 0.2) is 17.0 Å². The van der Waals surface area contributed by atoms with Gasteiger partial charge in [0, 0.05) is 5.75 Å². The number of carbonyl (C=O) groups is 1. The molecule has 0 saturated carbocycles. The molecule has 3 N–H and O–H groups in total. The molecule has 0 aliphatic rings. The Bertz CT molecular complexity index is 162. The second-order valence-electron chi connectivity index (χ2n) is 1.69. The number of ether oxygens (including phenoxy) is 1. The van der Waals surface area contributed by atoms with Crippen molar-refractivity contribution in [2.24, 2.45) is 5.73 Å². The largest absolute Gasteiger partial charge is 0.448 e. The average molecular weight is 199 g/mol. The monoisotopic (exact) mass is 199 g/mol. The van der Waals surface area contributed by atoms with Crippen molar-refractivity contribution < 1.29 is 18.3 Å². The van der Waals surface area contributed by atoms with Crippen LogP contribution in [0, 0.1) is 0 Å². The van der Waals surface area contributed by atoms with Gasteiger partial charge in [0.05, 0.1) is 0 Å². The molecule has 0 spiro atoms. The average Bonchev–Trinajstić information content (AvgIpc) is 1.98. The lowest BCUT2D eigenvalue weighted by Crippen LogP contribution is -2.34. The number of nitrogens with two attached hydrogens (primary N) is 1. The maximum atomic E-state index is 10.6. The Balaban J connectivity index is 3.60. The summed E-state index contributed by atoms with van der Waals surface area (Å²) in [6.07, 6.45) is 0. The van der Waals surface area contributed by atoms with Crippen LogP contribution in [-0.2, 0) is 20.6 Å². The maximum absolute atomic E-state index is 10.6. The van der Waals surface area contributed by atoms with Gasteiger partial charge in [-0.25, -0.2) is 4.21 Å². The molecule has 0 aliphatic carbocycles. The van der Waals surface area contributed by atoms with Gasteiger partial charge in [0.2, 0.25) is 0 Å². The van der Waals surface area contributed by atoms with Crippen LogP contribution in [0.15, 0.2) is 0 Å². The second-order valence-corrected chi connectivity index (χ2v) is 2.94. The molecule has 2 atom stereocenters. The van der Waals surface area contributed by atoms with E-state index in [9.17, 15) is 9.00 Å². The van der Waals surface area contributed by atoms with E-state index in [0.717, 1.165) is 0 Å². The van der Waals surface area contributed by atoms with Crippen LogP contribution in [0.25, 0.3) is 0 Å². The normalized spacial score (nSPS) is 15.5. The van der Waals surface area contributed by atoms with Crippen molar-refractivity contribution in [3.63, 3.8) is 0 Å². The Morgan fingerprint density at radius 2 is 2.36 bits per heavy atom. The van der Waals surface area contributed by atoms with Gasteiger partial charge >= 0.3 is 5.97 Å². The molecule has 0 aliphatic heterocycles. The summed E-state index contributed by atoms with van der Waals surface area (Å²) < 4.78 is 22.5. The third kappa shape index (κ3) is 5.19. The van der Waals surface area contributed by atoms with Gasteiger partial charge in [-0.15, -0.1) is 0 Å². The molecule has 0 aromatic rings. The fourth-order valence-electron chi connectivity index (χ4n) is 0.290. The van der Waals surface area contributed by atoms with E-state index in [1.807, 2.05) is 0 Å². The number of hydrogen-bond acceptors (Lipinski definition) is 5. The van der Waals surface area contributed by atoms with Crippen LogP contribution in [0.5, 0.6) is 0 Å². The first-order valence-corrected chi connectivity index (χ1v) is 4.59. The summed E-state index contributed by atoms with van der Waals surface area (Å²) >= 11 is 1.61. The van der Waals surface area contributed by atoms with Gasteiger partial charge in [-0.2, -0.15) is 12.6 Å². The molecule has 0 saturated heterocycles. The zero-order chi connectivity index (χ0) is 8.85. The molecular weight excluding hydrogens is 190 g/mol. The topological polar surface area (TPSA) is 89.6 Å². The third-order valence-electron chi connectivity index (χ3n) is 0.801. The predicted molar refractivity (Wildman–Crippen MR) is 43.6 cm³/mol. The molecule has 5 nitrogen and oxygen atoms in total. The standard InChI is InChI=1S/C4H9NO4S2/c5-3(1-10)4(6)9-2-11(7)8/h3,10H,1-2,5H2,(H,7,8)/t3-/m0/s1. The number of esters is 1. The van der Waals surface area contributed by atoms with E-state index in [-0.39, 0.29) is 5.75 Å². The van der Waals surface area contributed by atoms with Gasteiger partial charge in [-0.3, -0.25) is 4.79 Å². The minimum absolute atomic E-state index is 0.150. The molecule has 0 fully saturated rings. The van der Waals surface area contributed by atoms with Crippen LogP contribution in [0.3, 0.4) is 0 Å². The van der Waals surface area contributed by atoms with E-state index in [2.05, 4.69) is 17.4 Å². The molecule has 0 radical (unpaired) electrons. The molecular formula is C4H9NO4S2. The summed E-state index contributed by atoms with van der Waals surface area (Å²) in [6.45, 7) is 0. The van der Waals surface area contributed by atoms with Crippen molar-refractivity contribution in [3.05, 3.63) is 0 Å². The van der Waals surface area contributed by atoms with Crippen molar-refractivity contribution in [3.8, 4) is 0 Å². The third-order valence-corrected chi connectivity index (χ3v) is 1.51. The lowest BCUT2D eigenvalue weighted by molar-refractivity contribution is -0.142. The molecule has 0 rings (SSSR count). The van der Waals surface area contributed by atoms with Gasteiger partial charge in [-0.1, -0.05) is 0 Å². The number of carbonyl (C=O) groups excluding carboxylic acids is 1. The van der Waals surface area contributed by atoms with Gasteiger partial charge < -0.3 is 15.0 Å². The molecule has 0 aromatic carbocycles. The first kappa shape index (κ1) is 10.9. The molecule has 0 bridgehead atoms. The Hall–Kier alpha value is -0.110. The summed E-state index contributed by atoms with van der Waals surface area (Å²) in [7, 11) is 0. The molecule has 0 amide bonds. The Morgan fingerprint density at radius 3 is 2.73 bits per heavy atom. The van der Waals surface area contributed by atoms with E-state index >= 15 is 0 Å². The first-order valence-electron chi connectivity index (χ1n) is 2.68. The van der Waals surface area contributed by atoms with Crippen molar-refractivity contribution in [1.29, 1.82) is 0 Å². The Morgan fingerprint density at radius 1 is 1.82 bits per heavy atom. The van der Waals surface area contributed by atoms with Crippen LogP contribution >= 0.6 is 12.6 Å². The van der Waals surface area contributed by atoms with Crippen LogP contribution in [0.1, 0.15) is 0 Å². The van der Waals surface area contributed by atoms with Crippen LogP contribution < -0.4 is 5.73 Å². The number of hydrogen-bond donors (Lipinski definition) is 3. The summed E-state index contributed by atoms with van der Waals surface area (Å²) in [4.78, 5) is 10.6. The molecule has 1 unspecified atom stereocenters. The van der Waals surface area contributed by atoms with Crippen LogP contribution in [0.4, 0.5) is 0 Å². The Kier molecular flexibility index (Phi) is 5.47. The molecule has 11 heavy (non-hydrogen) atoms. The predicted octanol–water partition coefficient (Wildman–Crippen LogP) is -1.03. The van der Waals surface area contributed by atoms with Gasteiger partial charge in [0.25, 0.3) is 0 Å². The maximum Gasteiger partial charge on any atom is 0.324 e. The first-order chi connectivity index (χ1) is 5.07. The molecule has 66 valence electrons. The van der Waals surface area contributed by atoms with Crippen LogP contribution in [-0.4, -0.2) is 32.5 Å². The summed E-state index contributed by atoms with van der Waals surface area (Å²) in [5.41, 5.74) is 5.17. The fourth-order valence-corrected chi connectivity index (χ4v) is 0.656. The summed E-state index contributed by atoms with van der Waals surface area (Å²) in [5.74, 6) is -1.11. The fraction of sp³-hybridized carbons (Fsp3) is 0.750. The van der Waals surface area contributed by atoms with E-state index in [1.54, 1.807) is 0 Å². The lowest BCUT2D eigenvalue weighted by Gasteiger charge is -2.06. The van der Waals surface area contributed by atoms with E-state index in [1.165, 1.54) is 0 Å². The van der Waals surface area contributed by atoms with Crippen molar-refractivity contribution in [1.82, 2.24) is 0 Å². The minimum Gasteiger partial charge on any atom is -0.448 e. The second kappa shape index (κ2) is 5.53. The highest BCUT2D eigenvalue weighted by Gasteiger charge is 2.13. The summed E-state index contributed by atoms with van der Waals surface area (Å²) in [5, 5.41) is 0. The quantitative estimate of drug-likeness (QED) is 0.306. The molecule has 0 aromatic heterocycles. The number of rotatable bonds is 4. The van der Waals surface area contributed by atoms with Crippen molar-refractivity contribution in [2.75, 3.05) is 11.7 Å². The van der Waals surface area contributed by atoms with Gasteiger partial charge in [0.1, 0.15) is 6.04 Å². The van der Waals surface area contributed by atoms with E-state index < -0.39 is 29.0 Å². The van der Waals surface area contributed by atoms with Crippen molar-refractivity contribution >= 4 is 29.7 Å². The zero-order valence-electron chi connectivity index (χ0n) is 5.60. The van der Waals surface area contributed by atoms with Crippen LogP contribution in [0.2, 0.25) is 0 Å². The highest BCUT2D eigenvalue weighted by Crippen LogP contribution is 1.89. The highest BCUT2D eigenvalue weighted by molar-refractivity contribution is 7.80. The smallest absolute Gasteiger partial charge is 0.324 e. The van der Waals surface area contributed by atoms with E-state index in [0.29, 0.717) is 0 Å². The van der Waals surface area contributed by atoms with Gasteiger partial charge in [-0.05, 0) is 0 Å². The minimum atomic E-state index is -2.13. The lowest BCUT2D eigenvalue weighted by atomic mass is 10.4. The zero-order valence-corrected chi connectivity index (χ0v) is 7.31. The van der Waals surface area contributed by atoms with Crippen molar-refractivity contribution in [2.45, 2.75) is 6.04 Å². The highest BCUT2D eigenvalue weighted by atomic mass is 32.2. The SMILES string of the molecule is N[C@@H](CS)C(=O)OCS(=O)O. The Labute approximate surface area is 72.0 Å². The number of thiol groups is 1. The van der Waals surface area contributed by atoms with E-state index in [4.69, 9.17) is 10.3 Å².